The molecule has 1 amide bonds. The lowest BCUT2D eigenvalue weighted by molar-refractivity contribution is -0.176. The summed E-state index contributed by atoms with van der Waals surface area (Å²) in [5.41, 5.74) is 0.588. The lowest BCUT2D eigenvalue weighted by Crippen LogP contribution is -2.47. The van der Waals surface area contributed by atoms with Gasteiger partial charge in [0, 0.05) is 19.4 Å². The Labute approximate surface area is 256 Å². The SMILES string of the molecule is COCC(C)OCOc1c(OC)ccnc1C(=O)NC1COC(=O)C(Cc2ccccc2)C(OC(=O)C(C)C)C(C)OC1=O. The van der Waals surface area contributed by atoms with Gasteiger partial charge in [-0.15, -0.1) is 0 Å². The summed E-state index contributed by atoms with van der Waals surface area (Å²) in [5.74, 6) is -4.31. The second kappa shape index (κ2) is 16.6. The van der Waals surface area contributed by atoms with Crippen molar-refractivity contribution in [3.8, 4) is 11.5 Å². The Morgan fingerprint density at radius 2 is 1.80 bits per heavy atom. The van der Waals surface area contributed by atoms with Gasteiger partial charge in [0.05, 0.1) is 25.7 Å². The van der Waals surface area contributed by atoms with Crippen LogP contribution in [0.15, 0.2) is 42.6 Å². The molecule has 2 aromatic rings. The van der Waals surface area contributed by atoms with E-state index in [-0.39, 0.29) is 36.5 Å². The van der Waals surface area contributed by atoms with Crippen LogP contribution in [0.1, 0.15) is 43.7 Å². The summed E-state index contributed by atoms with van der Waals surface area (Å²) >= 11 is 0. The first kappa shape index (κ1) is 34.3. The fourth-order valence-corrected chi connectivity index (χ4v) is 4.36. The molecule has 1 aliphatic heterocycles. The number of hydrogen-bond acceptors (Lipinski definition) is 12. The van der Waals surface area contributed by atoms with Gasteiger partial charge < -0.3 is 38.5 Å². The maximum Gasteiger partial charge on any atom is 0.332 e. The molecule has 2 heterocycles. The first-order valence-electron chi connectivity index (χ1n) is 14.2. The Kier molecular flexibility index (Phi) is 12.9. The molecule has 1 N–H and O–H groups in total. The zero-order valence-electron chi connectivity index (χ0n) is 25.8. The first-order chi connectivity index (χ1) is 21.0. The first-order valence-corrected chi connectivity index (χ1v) is 14.2. The van der Waals surface area contributed by atoms with Gasteiger partial charge in [0.25, 0.3) is 5.91 Å². The summed E-state index contributed by atoms with van der Waals surface area (Å²) < 4.78 is 38.4. The predicted octanol–water partition coefficient (Wildman–Crippen LogP) is 2.49. The van der Waals surface area contributed by atoms with E-state index in [1.54, 1.807) is 20.8 Å². The zero-order valence-corrected chi connectivity index (χ0v) is 25.8. The number of amides is 1. The van der Waals surface area contributed by atoms with E-state index < -0.39 is 60.5 Å². The van der Waals surface area contributed by atoms with Crippen LogP contribution >= 0.6 is 0 Å². The largest absolute Gasteiger partial charge is 0.493 e. The predicted molar refractivity (Wildman–Crippen MR) is 155 cm³/mol. The van der Waals surface area contributed by atoms with E-state index in [9.17, 15) is 19.2 Å². The summed E-state index contributed by atoms with van der Waals surface area (Å²) in [7, 11) is 2.93. The number of cyclic esters (lactones) is 2. The minimum atomic E-state index is -1.41. The van der Waals surface area contributed by atoms with Gasteiger partial charge >= 0.3 is 17.9 Å². The summed E-state index contributed by atoms with van der Waals surface area (Å²) in [6.45, 7) is 6.15. The van der Waals surface area contributed by atoms with Crippen molar-refractivity contribution in [1.82, 2.24) is 10.3 Å². The van der Waals surface area contributed by atoms with Crippen molar-refractivity contribution in [3.05, 3.63) is 53.9 Å². The third-order valence-electron chi connectivity index (χ3n) is 6.73. The molecule has 5 unspecified atom stereocenters. The second-order valence-electron chi connectivity index (χ2n) is 10.5. The molecule has 44 heavy (non-hydrogen) atoms. The Bertz CT molecular complexity index is 1270. The fourth-order valence-electron chi connectivity index (χ4n) is 4.36. The lowest BCUT2D eigenvalue weighted by atomic mass is 9.91. The zero-order chi connectivity index (χ0) is 32.2. The van der Waals surface area contributed by atoms with Crippen molar-refractivity contribution in [3.63, 3.8) is 0 Å². The summed E-state index contributed by atoms with van der Waals surface area (Å²) in [6, 6.07) is 9.20. The van der Waals surface area contributed by atoms with Crippen molar-refractivity contribution in [2.75, 3.05) is 34.2 Å². The van der Waals surface area contributed by atoms with Gasteiger partial charge in [-0.1, -0.05) is 44.2 Å². The molecule has 0 saturated carbocycles. The van der Waals surface area contributed by atoms with Crippen LogP contribution in [0.5, 0.6) is 11.5 Å². The highest BCUT2D eigenvalue weighted by molar-refractivity contribution is 5.98. The van der Waals surface area contributed by atoms with Gasteiger partial charge in [0.1, 0.15) is 18.6 Å². The van der Waals surface area contributed by atoms with Crippen LogP contribution in [0.4, 0.5) is 0 Å². The van der Waals surface area contributed by atoms with Crippen LogP contribution in [0.3, 0.4) is 0 Å². The number of rotatable bonds is 13. The number of carbonyl (C=O) groups is 4. The van der Waals surface area contributed by atoms with Gasteiger partial charge in [-0.2, -0.15) is 0 Å². The Morgan fingerprint density at radius 1 is 1.07 bits per heavy atom. The Hall–Kier alpha value is -4.23. The molecule has 0 aliphatic carbocycles. The molecule has 0 spiro atoms. The van der Waals surface area contributed by atoms with Crippen LogP contribution in [0, 0.1) is 11.8 Å². The van der Waals surface area contributed by atoms with E-state index in [0.717, 1.165) is 5.56 Å². The number of pyridine rings is 1. The second-order valence-corrected chi connectivity index (χ2v) is 10.5. The van der Waals surface area contributed by atoms with Gasteiger partial charge in [0.2, 0.25) is 0 Å². The van der Waals surface area contributed by atoms with Crippen molar-refractivity contribution in [1.29, 1.82) is 0 Å². The van der Waals surface area contributed by atoms with Crippen LogP contribution in [-0.2, 0) is 44.5 Å². The molecule has 1 aliphatic rings. The average molecular weight is 617 g/mol. The molecule has 5 atom stereocenters. The van der Waals surface area contributed by atoms with E-state index in [0.29, 0.717) is 6.61 Å². The summed E-state index contributed by atoms with van der Waals surface area (Å²) in [4.78, 5) is 56.8. The van der Waals surface area contributed by atoms with Crippen molar-refractivity contribution < 1.29 is 52.3 Å². The number of carbonyl (C=O) groups excluding carboxylic acids is 4. The monoisotopic (exact) mass is 616 g/mol. The lowest BCUT2D eigenvalue weighted by Gasteiger charge is -2.29. The number of nitrogens with one attached hydrogen (secondary N) is 1. The molecule has 3 rings (SSSR count). The topological polar surface area (TPSA) is 158 Å². The van der Waals surface area contributed by atoms with E-state index in [1.165, 1.54) is 33.4 Å². The van der Waals surface area contributed by atoms with E-state index in [1.807, 2.05) is 30.3 Å². The molecular weight excluding hydrogens is 576 g/mol. The van der Waals surface area contributed by atoms with Crippen molar-refractivity contribution >= 4 is 23.8 Å². The molecule has 0 radical (unpaired) electrons. The highest BCUT2D eigenvalue weighted by Crippen LogP contribution is 2.30. The number of hydrogen-bond donors (Lipinski definition) is 1. The average Bonchev–Trinajstić information content (AvgIpc) is 3.03. The minimum absolute atomic E-state index is 0.0255. The quantitative estimate of drug-likeness (QED) is 0.199. The van der Waals surface area contributed by atoms with E-state index in [2.05, 4.69) is 10.3 Å². The van der Waals surface area contributed by atoms with Crippen LogP contribution < -0.4 is 14.8 Å². The number of esters is 3. The van der Waals surface area contributed by atoms with E-state index in [4.69, 9.17) is 33.2 Å². The number of aromatic nitrogens is 1. The summed E-state index contributed by atoms with van der Waals surface area (Å²) in [6.07, 6.45) is -0.991. The molecule has 1 aromatic carbocycles. The standard InChI is InChI=1S/C31H40N2O11/c1-18(2)29(35)44-26-20(4)43-31(37)23(16-40-30(36)22(26)14-21-10-8-7-9-11-21)33-28(34)25-27(24(39-6)12-13-32-25)42-17-41-19(3)15-38-5/h7-13,18-20,22-23,26H,14-17H2,1-6H3,(H,33,34). The molecule has 1 aromatic heterocycles. The van der Waals surface area contributed by atoms with Crippen LogP contribution in [-0.4, -0.2) is 87.4 Å². The number of nitrogens with zero attached hydrogens (tertiary/aromatic N) is 1. The highest BCUT2D eigenvalue weighted by atomic mass is 16.7. The van der Waals surface area contributed by atoms with E-state index >= 15 is 0 Å². The van der Waals surface area contributed by atoms with Gasteiger partial charge in [-0.3, -0.25) is 14.4 Å². The van der Waals surface area contributed by atoms with Crippen molar-refractivity contribution in [2.24, 2.45) is 11.8 Å². The van der Waals surface area contributed by atoms with Crippen LogP contribution in [0.2, 0.25) is 0 Å². The Morgan fingerprint density at radius 3 is 2.45 bits per heavy atom. The molecular formula is C31H40N2O11. The molecule has 0 bridgehead atoms. The maximum atomic E-state index is 13.4. The smallest absolute Gasteiger partial charge is 0.332 e. The maximum absolute atomic E-state index is 13.4. The fraction of sp³-hybridized carbons (Fsp3) is 0.516. The third-order valence-corrected chi connectivity index (χ3v) is 6.73. The summed E-state index contributed by atoms with van der Waals surface area (Å²) in [5, 5.41) is 2.51. The third kappa shape index (κ3) is 9.38. The van der Waals surface area contributed by atoms with Gasteiger partial charge in [0.15, 0.2) is 36.1 Å². The van der Waals surface area contributed by atoms with Gasteiger partial charge in [-0.25, -0.2) is 9.78 Å². The van der Waals surface area contributed by atoms with Crippen molar-refractivity contribution in [2.45, 2.75) is 58.5 Å². The number of benzene rings is 1. The number of methoxy groups -OCH3 is 2. The molecule has 240 valence electrons. The molecule has 13 nitrogen and oxygen atoms in total. The van der Waals surface area contributed by atoms with Crippen LogP contribution in [0.25, 0.3) is 0 Å². The highest BCUT2D eigenvalue weighted by Gasteiger charge is 2.42. The number of ether oxygens (including phenoxy) is 7. The molecule has 1 saturated heterocycles. The normalized spacial score (nSPS) is 21.2. The minimum Gasteiger partial charge on any atom is -0.493 e. The Balaban J connectivity index is 1.84. The molecule has 13 heteroatoms. The van der Waals surface area contributed by atoms with Gasteiger partial charge in [-0.05, 0) is 25.8 Å². The molecule has 1 fully saturated rings.